The minimum absolute atomic E-state index is 0.0292. The fourth-order valence-corrected chi connectivity index (χ4v) is 5.41. The van der Waals surface area contributed by atoms with Gasteiger partial charge in [-0.15, -0.1) is 0 Å². The minimum atomic E-state index is -3.49. The predicted octanol–water partition coefficient (Wildman–Crippen LogP) is 2.93. The number of carbonyl (C=O) groups is 2. The van der Waals surface area contributed by atoms with E-state index in [-0.39, 0.29) is 17.9 Å². The van der Waals surface area contributed by atoms with Gasteiger partial charge in [-0.05, 0) is 38.5 Å². The number of sulfone groups is 1. The number of hydrogen-bond donors (Lipinski definition) is 1. The monoisotopic (exact) mass is 491 g/mol. The van der Waals surface area contributed by atoms with Gasteiger partial charge in [-0.25, -0.2) is 23.2 Å². The standard InChI is InChI=1S/C21H25N5O5S2/c1-5-31-18(27)10-13(2)26(20(22)28)21-24-14(3)19(32-21)15-6-7-17(33(4,29)30)16(11-15)25-9-8-23-12-25/h6-9,11-13H,5,10H2,1-4H3,(H2,22,28). The second-order valence-electron chi connectivity index (χ2n) is 7.40. The number of urea groups is 1. The molecule has 2 N–H and O–H groups in total. The van der Waals surface area contributed by atoms with Gasteiger partial charge in [0, 0.05) is 24.7 Å². The van der Waals surface area contributed by atoms with Gasteiger partial charge < -0.3 is 15.0 Å². The quantitative estimate of drug-likeness (QED) is 0.478. The lowest BCUT2D eigenvalue weighted by atomic mass is 10.1. The molecule has 2 heterocycles. The third-order valence-corrected chi connectivity index (χ3v) is 7.19. The molecule has 3 rings (SSSR count). The lowest BCUT2D eigenvalue weighted by Gasteiger charge is -2.24. The number of primary amides is 1. The highest BCUT2D eigenvalue weighted by molar-refractivity contribution is 7.90. The Balaban J connectivity index is 2.04. The molecule has 3 aromatic rings. The molecule has 1 atom stereocenters. The molecular formula is C21H25N5O5S2. The van der Waals surface area contributed by atoms with Crippen LogP contribution in [-0.2, 0) is 19.4 Å². The molecule has 0 saturated carbocycles. The number of imidazole rings is 1. The zero-order chi connectivity index (χ0) is 24.3. The van der Waals surface area contributed by atoms with Gasteiger partial charge in [-0.3, -0.25) is 9.69 Å². The Morgan fingerprint density at radius 2 is 2.06 bits per heavy atom. The molecule has 176 valence electrons. The first kappa shape index (κ1) is 24.4. The molecule has 0 bridgehead atoms. The molecule has 0 aliphatic heterocycles. The molecule has 0 fully saturated rings. The Kier molecular flexibility index (Phi) is 7.18. The Labute approximate surface area is 195 Å². The third kappa shape index (κ3) is 5.40. The highest BCUT2D eigenvalue weighted by Crippen LogP contribution is 2.37. The van der Waals surface area contributed by atoms with E-state index in [0.717, 1.165) is 16.7 Å². The van der Waals surface area contributed by atoms with E-state index in [1.165, 1.54) is 28.6 Å². The van der Waals surface area contributed by atoms with E-state index >= 15 is 0 Å². The van der Waals surface area contributed by atoms with Crippen LogP contribution in [0.4, 0.5) is 9.93 Å². The molecular weight excluding hydrogens is 466 g/mol. The second-order valence-corrected chi connectivity index (χ2v) is 10.4. The van der Waals surface area contributed by atoms with Crippen molar-refractivity contribution in [2.45, 2.75) is 38.1 Å². The largest absolute Gasteiger partial charge is 0.466 e. The van der Waals surface area contributed by atoms with E-state index in [9.17, 15) is 18.0 Å². The van der Waals surface area contributed by atoms with E-state index in [0.29, 0.717) is 16.5 Å². The number of nitrogens with two attached hydrogens (primary N) is 1. The van der Waals surface area contributed by atoms with Crippen LogP contribution >= 0.6 is 11.3 Å². The normalized spacial score (nSPS) is 12.4. The van der Waals surface area contributed by atoms with E-state index in [1.54, 1.807) is 49.9 Å². The summed E-state index contributed by atoms with van der Waals surface area (Å²) >= 11 is 1.22. The summed E-state index contributed by atoms with van der Waals surface area (Å²) in [4.78, 5) is 34.8. The van der Waals surface area contributed by atoms with Crippen molar-refractivity contribution in [2.24, 2.45) is 5.73 Å². The highest BCUT2D eigenvalue weighted by atomic mass is 32.2. The van der Waals surface area contributed by atoms with Crippen LogP contribution in [-0.4, -0.2) is 53.9 Å². The first-order chi connectivity index (χ1) is 15.5. The summed E-state index contributed by atoms with van der Waals surface area (Å²) in [6.07, 6.45) is 5.85. The second kappa shape index (κ2) is 9.71. The van der Waals surface area contributed by atoms with Crippen molar-refractivity contribution in [1.82, 2.24) is 14.5 Å². The number of nitrogens with zero attached hydrogens (tertiary/aromatic N) is 4. The minimum Gasteiger partial charge on any atom is -0.466 e. The average Bonchev–Trinajstić information content (AvgIpc) is 3.37. The van der Waals surface area contributed by atoms with Crippen LogP contribution in [0.5, 0.6) is 0 Å². The summed E-state index contributed by atoms with van der Waals surface area (Å²) in [7, 11) is -3.49. The molecule has 0 aliphatic rings. The number of hydrogen-bond acceptors (Lipinski definition) is 8. The van der Waals surface area contributed by atoms with Crippen molar-refractivity contribution in [3.05, 3.63) is 42.6 Å². The molecule has 1 unspecified atom stereocenters. The summed E-state index contributed by atoms with van der Waals surface area (Å²) in [6.45, 7) is 5.42. The van der Waals surface area contributed by atoms with Gasteiger partial charge in [0.2, 0.25) is 0 Å². The molecule has 10 nitrogen and oxygen atoms in total. The highest BCUT2D eigenvalue weighted by Gasteiger charge is 2.27. The number of carbonyl (C=O) groups excluding carboxylic acids is 2. The number of ether oxygens (including phenoxy) is 1. The molecule has 0 spiro atoms. The first-order valence-electron chi connectivity index (χ1n) is 10.1. The molecule has 12 heteroatoms. The zero-order valence-electron chi connectivity index (χ0n) is 18.7. The fourth-order valence-electron chi connectivity index (χ4n) is 3.38. The predicted molar refractivity (Wildman–Crippen MR) is 125 cm³/mol. The van der Waals surface area contributed by atoms with Crippen molar-refractivity contribution >= 4 is 38.3 Å². The van der Waals surface area contributed by atoms with Gasteiger partial charge in [0.05, 0.1) is 40.5 Å². The van der Waals surface area contributed by atoms with Crippen LogP contribution in [0.2, 0.25) is 0 Å². The summed E-state index contributed by atoms with van der Waals surface area (Å²) in [5, 5.41) is 0.336. The molecule has 0 saturated heterocycles. The summed E-state index contributed by atoms with van der Waals surface area (Å²) in [5.74, 6) is -0.439. The summed E-state index contributed by atoms with van der Waals surface area (Å²) < 4.78 is 31.2. The number of aryl methyl sites for hydroxylation is 1. The Morgan fingerprint density at radius 3 is 2.64 bits per heavy atom. The molecule has 0 aliphatic carbocycles. The lowest BCUT2D eigenvalue weighted by molar-refractivity contribution is -0.143. The van der Waals surface area contributed by atoms with Gasteiger partial charge in [-0.1, -0.05) is 17.4 Å². The van der Waals surface area contributed by atoms with Crippen molar-refractivity contribution < 1.29 is 22.7 Å². The SMILES string of the molecule is CCOC(=O)CC(C)N(C(N)=O)c1nc(C)c(-c2ccc(S(C)(=O)=O)c(-n3ccnc3)c2)s1. The van der Waals surface area contributed by atoms with Crippen LogP contribution in [0.15, 0.2) is 41.8 Å². The zero-order valence-corrected chi connectivity index (χ0v) is 20.3. The Bertz CT molecular complexity index is 1270. The van der Waals surface area contributed by atoms with E-state index in [1.807, 2.05) is 0 Å². The fraction of sp³-hybridized carbons (Fsp3) is 0.333. The van der Waals surface area contributed by atoms with Crippen LogP contribution in [0, 0.1) is 6.92 Å². The van der Waals surface area contributed by atoms with Crippen LogP contribution in [0.3, 0.4) is 0 Å². The third-order valence-electron chi connectivity index (χ3n) is 4.84. The lowest BCUT2D eigenvalue weighted by Crippen LogP contribution is -2.43. The number of aromatic nitrogens is 3. The van der Waals surface area contributed by atoms with Crippen LogP contribution in [0.1, 0.15) is 26.0 Å². The number of thiazole rings is 1. The van der Waals surface area contributed by atoms with E-state index in [2.05, 4.69) is 9.97 Å². The first-order valence-corrected chi connectivity index (χ1v) is 12.8. The van der Waals surface area contributed by atoms with Crippen molar-refractivity contribution in [3.63, 3.8) is 0 Å². The summed E-state index contributed by atoms with van der Waals surface area (Å²) in [6, 6.07) is 3.66. The number of anilines is 1. The maximum absolute atomic E-state index is 12.3. The molecule has 1 aromatic carbocycles. The molecule has 33 heavy (non-hydrogen) atoms. The van der Waals surface area contributed by atoms with Gasteiger partial charge in [-0.2, -0.15) is 0 Å². The molecule has 2 amide bonds. The average molecular weight is 492 g/mol. The number of amides is 2. The summed E-state index contributed by atoms with van der Waals surface area (Å²) in [5.41, 5.74) is 7.40. The Morgan fingerprint density at radius 1 is 1.33 bits per heavy atom. The smallest absolute Gasteiger partial charge is 0.321 e. The van der Waals surface area contributed by atoms with E-state index < -0.39 is 27.9 Å². The number of rotatable bonds is 8. The van der Waals surface area contributed by atoms with Gasteiger partial charge in [0.25, 0.3) is 0 Å². The van der Waals surface area contributed by atoms with Gasteiger partial charge in [0.1, 0.15) is 0 Å². The Hall–Kier alpha value is -3.25. The van der Waals surface area contributed by atoms with Crippen molar-refractivity contribution in [3.8, 4) is 16.1 Å². The molecule has 0 radical (unpaired) electrons. The van der Waals surface area contributed by atoms with Crippen LogP contribution in [0.25, 0.3) is 16.1 Å². The maximum atomic E-state index is 12.3. The van der Waals surface area contributed by atoms with Gasteiger partial charge >= 0.3 is 12.0 Å². The van der Waals surface area contributed by atoms with Gasteiger partial charge in [0.15, 0.2) is 15.0 Å². The van der Waals surface area contributed by atoms with Crippen molar-refractivity contribution in [1.29, 1.82) is 0 Å². The maximum Gasteiger partial charge on any atom is 0.321 e. The number of benzene rings is 1. The van der Waals surface area contributed by atoms with E-state index in [4.69, 9.17) is 10.5 Å². The topological polar surface area (TPSA) is 137 Å². The number of esters is 1. The van der Waals surface area contributed by atoms with Crippen LogP contribution < -0.4 is 10.6 Å². The molecule has 2 aromatic heterocycles. The van der Waals surface area contributed by atoms with Crippen molar-refractivity contribution in [2.75, 3.05) is 17.8 Å².